The molecular formula is C24H27BrN4O3. The lowest BCUT2D eigenvalue weighted by Gasteiger charge is -2.20. The van der Waals surface area contributed by atoms with Crippen LogP contribution in [0.4, 0.5) is 5.69 Å². The SMILES string of the molecule is COc1ccc(Br)c2c1OCC(C(=O)NCCCCNCCNc1cccc(C#N)c1)=C2. The zero-order valence-corrected chi connectivity index (χ0v) is 19.6. The van der Waals surface area contributed by atoms with Crippen molar-refractivity contribution in [2.45, 2.75) is 12.8 Å². The van der Waals surface area contributed by atoms with Gasteiger partial charge in [0.25, 0.3) is 5.91 Å². The number of hydrogen-bond donors (Lipinski definition) is 3. The van der Waals surface area contributed by atoms with Crippen LogP contribution in [0.15, 0.2) is 46.4 Å². The summed E-state index contributed by atoms with van der Waals surface area (Å²) in [5.41, 5.74) is 3.01. The van der Waals surface area contributed by atoms with E-state index in [1.54, 1.807) is 13.2 Å². The summed E-state index contributed by atoms with van der Waals surface area (Å²) in [5.74, 6) is 1.19. The van der Waals surface area contributed by atoms with E-state index in [2.05, 4.69) is 37.9 Å². The number of nitriles is 1. The van der Waals surface area contributed by atoms with Gasteiger partial charge in [-0.3, -0.25) is 4.79 Å². The minimum Gasteiger partial charge on any atom is -0.493 e. The Labute approximate surface area is 196 Å². The number of unbranched alkanes of at least 4 members (excludes halogenated alkanes) is 1. The summed E-state index contributed by atoms with van der Waals surface area (Å²) in [4.78, 5) is 12.5. The van der Waals surface area contributed by atoms with Crippen molar-refractivity contribution in [2.75, 3.05) is 45.2 Å². The van der Waals surface area contributed by atoms with E-state index >= 15 is 0 Å². The molecule has 0 saturated heterocycles. The lowest BCUT2D eigenvalue weighted by atomic mass is 10.1. The zero-order valence-electron chi connectivity index (χ0n) is 18.0. The lowest BCUT2D eigenvalue weighted by molar-refractivity contribution is -0.117. The number of nitrogens with zero attached hydrogens (tertiary/aromatic N) is 1. The van der Waals surface area contributed by atoms with Crippen molar-refractivity contribution in [1.82, 2.24) is 10.6 Å². The predicted molar refractivity (Wildman–Crippen MR) is 129 cm³/mol. The number of hydrogen-bond acceptors (Lipinski definition) is 6. The second-order valence-electron chi connectivity index (χ2n) is 7.28. The number of carbonyl (C=O) groups is 1. The summed E-state index contributed by atoms with van der Waals surface area (Å²) in [6.45, 7) is 3.31. The number of fused-ring (bicyclic) bond motifs is 1. The molecule has 3 N–H and O–H groups in total. The van der Waals surface area contributed by atoms with Crippen LogP contribution in [0.1, 0.15) is 24.0 Å². The third-order valence-electron chi connectivity index (χ3n) is 5.00. The van der Waals surface area contributed by atoms with Crippen molar-refractivity contribution in [3.8, 4) is 17.6 Å². The molecule has 0 aromatic heterocycles. The largest absolute Gasteiger partial charge is 0.493 e. The molecule has 0 fully saturated rings. The Balaban J connectivity index is 1.31. The molecule has 0 bridgehead atoms. The lowest BCUT2D eigenvalue weighted by Crippen LogP contribution is -2.30. The molecule has 0 aliphatic carbocycles. The van der Waals surface area contributed by atoms with Crippen molar-refractivity contribution < 1.29 is 14.3 Å². The van der Waals surface area contributed by atoms with Gasteiger partial charge >= 0.3 is 0 Å². The van der Waals surface area contributed by atoms with E-state index in [4.69, 9.17) is 14.7 Å². The Hall–Kier alpha value is -3.02. The van der Waals surface area contributed by atoms with Crippen LogP contribution >= 0.6 is 15.9 Å². The average Bonchev–Trinajstić information content (AvgIpc) is 2.83. The number of nitrogens with one attached hydrogen (secondary N) is 3. The highest BCUT2D eigenvalue weighted by Gasteiger charge is 2.21. The van der Waals surface area contributed by atoms with Crippen LogP contribution in [-0.4, -0.2) is 45.8 Å². The Morgan fingerprint density at radius 1 is 1.19 bits per heavy atom. The second-order valence-corrected chi connectivity index (χ2v) is 8.14. The molecule has 7 nitrogen and oxygen atoms in total. The number of anilines is 1. The fourth-order valence-corrected chi connectivity index (χ4v) is 3.73. The topological polar surface area (TPSA) is 95.4 Å². The molecule has 1 aliphatic heterocycles. The Kier molecular flexibility index (Phi) is 8.96. The molecule has 1 amide bonds. The molecule has 0 atom stereocenters. The second kappa shape index (κ2) is 12.1. The number of ether oxygens (including phenoxy) is 2. The molecule has 1 aliphatic rings. The van der Waals surface area contributed by atoms with Gasteiger partial charge in [0.1, 0.15) is 6.61 Å². The molecule has 0 radical (unpaired) electrons. The van der Waals surface area contributed by atoms with Crippen LogP contribution in [0.2, 0.25) is 0 Å². The molecule has 2 aromatic rings. The summed E-state index contributed by atoms with van der Waals surface area (Å²) < 4.78 is 12.0. The molecule has 0 unspecified atom stereocenters. The highest BCUT2D eigenvalue weighted by molar-refractivity contribution is 9.10. The molecule has 1 heterocycles. The number of carbonyl (C=O) groups excluding carboxylic acids is 1. The van der Waals surface area contributed by atoms with Gasteiger partial charge < -0.3 is 25.4 Å². The number of benzene rings is 2. The van der Waals surface area contributed by atoms with Crippen LogP contribution in [0.25, 0.3) is 6.08 Å². The van der Waals surface area contributed by atoms with Gasteiger partial charge in [-0.2, -0.15) is 5.26 Å². The first-order chi connectivity index (χ1) is 15.6. The van der Waals surface area contributed by atoms with Gasteiger partial charge in [0.05, 0.1) is 24.3 Å². The van der Waals surface area contributed by atoms with Crippen molar-refractivity contribution in [3.05, 3.63) is 57.6 Å². The average molecular weight is 499 g/mol. The maximum absolute atomic E-state index is 12.5. The monoisotopic (exact) mass is 498 g/mol. The highest BCUT2D eigenvalue weighted by Crippen LogP contribution is 2.40. The van der Waals surface area contributed by atoms with Crippen molar-refractivity contribution in [1.29, 1.82) is 5.26 Å². The highest BCUT2D eigenvalue weighted by atomic mass is 79.9. The van der Waals surface area contributed by atoms with E-state index in [0.29, 0.717) is 29.2 Å². The van der Waals surface area contributed by atoms with E-state index < -0.39 is 0 Å². The van der Waals surface area contributed by atoms with E-state index in [0.717, 1.165) is 48.2 Å². The summed E-state index contributed by atoms with van der Waals surface area (Å²) in [7, 11) is 1.60. The van der Waals surface area contributed by atoms with E-state index in [1.807, 2.05) is 36.4 Å². The van der Waals surface area contributed by atoms with Crippen LogP contribution in [0.5, 0.6) is 11.5 Å². The first kappa shape index (κ1) is 23.6. The number of amides is 1. The quantitative estimate of drug-likeness (QED) is 0.408. The van der Waals surface area contributed by atoms with Gasteiger partial charge in [-0.15, -0.1) is 0 Å². The zero-order chi connectivity index (χ0) is 22.8. The standard InChI is InChI=1S/C24H27BrN4O3/c1-31-22-8-7-21(25)20-14-18(16-32-23(20)22)24(30)29-10-3-2-9-27-11-12-28-19-6-4-5-17(13-19)15-26/h4-8,13-14,27-28H,2-3,9-12,16H2,1H3,(H,29,30). The van der Waals surface area contributed by atoms with Crippen LogP contribution in [-0.2, 0) is 4.79 Å². The maximum atomic E-state index is 12.5. The minimum absolute atomic E-state index is 0.109. The van der Waals surface area contributed by atoms with E-state index in [-0.39, 0.29) is 12.5 Å². The number of methoxy groups -OCH3 is 1. The Bertz CT molecular complexity index is 1020. The third kappa shape index (κ3) is 6.49. The van der Waals surface area contributed by atoms with Gasteiger partial charge in [0, 0.05) is 35.4 Å². The van der Waals surface area contributed by atoms with Gasteiger partial charge in [-0.1, -0.05) is 22.0 Å². The molecular weight excluding hydrogens is 472 g/mol. The maximum Gasteiger partial charge on any atom is 0.250 e. The summed E-state index contributed by atoms with van der Waals surface area (Å²) in [5, 5.41) is 18.6. The van der Waals surface area contributed by atoms with Crippen LogP contribution in [0, 0.1) is 11.3 Å². The fourth-order valence-electron chi connectivity index (χ4n) is 3.31. The molecule has 8 heteroatoms. The van der Waals surface area contributed by atoms with E-state index in [9.17, 15) is 4.79 Å². The van der Waals surface area contributed by atoms with Crippen molar-refractivity contribution >= 4 is 33.6 Å². The first-order valence-electron chi connectivity index (χ1n) is 10.5. The summed E-state index contributed by atoms with van der Waals surface area (Å²) in [6, 6.07) is 13.3. The predicted octanol–water partition coefficient (Wildman–Crippen LogP) is 3.70. The van der Waals surface area contributed by atoms with Gasteiger partial charge in [0.15, 0.2) is 11.5 Å². The molecule has 32 heavy (non-hydrogen) atoms. The first-order valence-corrected chi connectivity index (χ1v) is 11.3. The summed E-state index contributed by atoms with van der Waals surface area (Å²) in [6.07, 6.45) is 3.70. The minimum atomic E-state index is -0.109. The molecule has 2 aromatic carbocycles. The molecule has 0 saturated carbocycles. The van der Waals surface area contributed by atoms with Crippen molar-refractivity contribution in [2.24, 2.45) is 0 Å². The third-order valence-corrected chi connectivity index (χ3v) is 5.69. The molecule has 3 rings (SSSR count). The van der Waals surface area contributed by atoms with Gasteiger partial charge in [0.2, 0.25) is 0 Å². The van der Waals surface area contributed by atoms with Crippen LogP contribution in [0.3, 0.4) is 0 Å². The molecule has 168 valence electrons. The normalized spacial score (nSPS) is 12.1. The van der Waals surface area contributed by atoms with Gasteiger partial charge in [-0.05, 0) is 55.8 Å². The summed E-state index contributed by atoms with van der Waals surface area (Å²) >= 11 is 3.50. The number of halogens is 1. The Morgan fingerprint density at radius 3 is 2.84 bits per heavy atom. The van der Waals surface area contributed by atoms with Crippen LogP contribution < -0.4 is 25.4 Å². The van der Waals surface area contributed by atoms with Crippen molar-refractivity contribution in [3.63, 3.8) is 0 Å². The molecule has 0 spiro atoms. The van der Waals surface area contributed by atoms with Gasteiger partial charge in [-0.25, -0.2) is 0 Å². The number of rotatable bonds is 11. The Morgan fingerprint density at radius 2 is 2.03 bits per heavy atom. The smallest absolute Gasteiger partial charge is 0.250 e. The fraction of sp³-hybridized carbons (Fsp3) is 0.333. The van der Waals surface area contributed by atoms with E-state index in [1.165, 1.54) is 0 Å².